The number of rotatable bonds is 65. The summed E-state index contributed by atoms with van der Waals surface area (Å²) in [4.78, 5) is 71.9. The summed E-state index contributed by atoms with van der Waals surface area (Å²) < 4.78 is 67.8. The summed E-state index contributed by atoms with van der Waals surface area (Å²) in [5.41, 5.74) is 0. The van der Waals surface area contributed by atoms with Gasteiger partial charge in [-0.2, -0.15) is 0 Å². The number of ether oxygens (including phenoxy) is 4. The molecule has 0 radical (unpaired) electrons. The summed E-state index contributed by atoms with van der Waals surface area (Å²) >= 11 is 0. The van der Waals surface area contributed by atoms with Gasteiger partial charge in [-0.15, -0.1) is 0 Å². The smallest absolute Gasteiger partial charge is 0.462 e. The maximum absolute atomic E-state index is 13.0. The standard InChI is InChI=1S/C65H126O17P2/c1-6-9-12-15-17-19-20-21-22-23-24-29-32-36-41-46-51-65(70)82-61(55-76-63(68)49-44-39-35-31-28-26-25-27-30-33-38-42-47-58(4)5)57-80-84(73,74)78-53-59(66)52-77-83(71,72)79-56-60(54-75-62(67)48-43-37-14-11-8-3)81-64(69)50-45-40-34-18-16-13-10-7-2/h58-61,66H,6-57H2,1-5H3,(H,71,72)(H,73,74)/t59-,60+,61+/m0/s1. The highest BCUT2D eigenvalue weighted by atomic mass is 31.2. The Kier molecular flexibility index (Phi) is 57.4. The summed E-state index contributed by atoms with van der Waals surface area (Å²) in [6, 6.07) is 0. The summed E-state index contributed by atoms with van der Waals surface area (Å²) in [6.07, 6.45) is 43.5. The first kappa shape index (κ1) is 82.1. The largest absolute Gasteiger partial charge is 0.472 e. The van der Waals surface area contributed by atoms with Crippen molar-refractivity contribution in [3.8, 4) is 0 Å². The lowest BCUT2D eigenvalue weighted by Crippen LogP contribution is -2.30. The number of carbonyl (C=O) groups is 4. The van der Waals surface area contributed by atoms with Crippen molar-refractivity contribution in [1.82, 2.24) is 0 Å². The van der Waals surface area contributed by atoms with Crippen LogP contribution < -0.4 is 0 Å². The number of esters is 4. The second-order valence-electron chi connectivity index (χ2n) is 24.0. The molecule has 0 amide bonds. The van der Waals surface area contributed by atoms with Crippen molar-refractivity contribution < 1.29 is 80.2 Å². The van der Waals surface area contributed by atoms with E-state index in [2.05, 4.69) is 34.6 Å². The van der Waals surface area contributed by atoms with Gasteiger partial charge >= 0.3 is 39.5 Å². The van der Waals surface area contributed by atoms with E-state index < -0.39 is 97.5 Å². The van der Waals surface area contributed by atoms with Crippen molar-refractivity contribution in [1.29, 1.82) is 0 Å². The van der Waals surface area contributed by atoms with E-state index in [0.29, 0.717) is 25.7 Å². The van der Waals surface area contributed by atoms with Crippen LogP contribution in [0.5, 0.6) is 0 Å². The van der Waals surface area contributed by atoms with Crippen LogP contribution in [0.2, 0.25) is 0 Å². The molecule has 0 rings (SSSR count). The van der Waals surface area contributed by atoms with Crippen LogP contribution in [0, 0.1) is 5.92 Å². The molecule has 3 N–H and O–H groups in total. The van der Waals surface area contributed by atoms with E-state index in [1.165, 1.54) is 141 Å². The average Bonchev–Trinajstić information content (AvgIpc) is 3.46. The van der Waals surface area contributed by atoms with Gasteiger partial charge in [0, 0.05) is 25.7 Å². The number of hydrogen-bond donors (Lipinski definition) is 3. The lowest BCUT2D eigenvalue weighted by atomic mass is 10.0. The number of aliphatic hydroxyl groups is 1. The number of phosphoric acid groups is 2. The van der Waals surface area contributed by atoms with Crippen molar-refractivity contribution in [3.05, 3.63) is 0 Å². The fraction of sp³-hybridized carbons (Fsp3) is 0.938. The summed E-state index contributed by atoms with van der Waals surface area (Å²) in [5.74, 6) is -1.36. The molecular weight excluding hydrogens is 1110 g/mol. The van der Waals surface area contributed by atoms with Gasteiger partial charge in [0.2, 0.25) is 0 Å². The Labute approximate surface area is 511 Å². The predicted octanol–water partition coefficient (Wildman–Crippen LogP) is 18.2. The second kappa shape index (κ2) is 58.7. The number of unbranched alkanes of at least 4 members (excludes halogenated alkanes) is 37. The van der Waals surface area contributed by atoms with Crippen molar-refractivity contribution in [3.63, 3.8) is 0 Å². The fourth-order valence-electron chi connectivity index (χ4n) is 9.76. The summed E-state index contributed by atoms with van der Waals surface area (Å²) in [7, 11) is -9.88. The van der Waals surface area contributed by atoms with Crippen LogP contribution >= 0.6 is 15.6 Å². The van der Waals surface area contributed by atoms with E-state index in [4.69, 9.17) is 37.0 Å². The topological polar surface area (TPSA) is 237 Å². The average molecular weight is 1240 g/mol. The Balaban J connectivity index is 5.15. The van der Waals surface area contributed by atoms with Gasteiger partial charge in [-0.1, -0.05) is 279 Å². The number of carbonyl (C=O) groups excluding carboxylic acids is 4. The van der Waals surface area contributed by atoms with E-state index in [1.807, 2.05) is 0 Å². The minimum absolute atomic E-state index is 0.104. The van der Waals surface area contributed by atoms with Crippen LogP contribution in [0.25, 0.3) is 0 Å². The zero-order chi connectivity index (χ0) is 62.0. The highest BCUT2D eigenvalue weighted by Gasteiger charge is 2.30. The van der Waals surface area contributed by atoms with Gasteiger partial charge in [-0.3, -0.25) is 37.3 Å². The molecular formula is C65H126O17P2. The first-order valence-corrected chi connectivity index (χ1v) is 37.1. The minimum atomic E-state index is -4.94. The number of hydrogen-bond acceptors (Lipinski definition) is 15. The van der Waals surface area contributed by atoms with E-state index in [1.54, 1.807) is 0 Å². The van der Waals surface area contributed by atoms with Crippen molar-refractivity contribution in [2.75, 3.05) is 39.6 Å². The highest BCUT2D eigenvalue weighted by molar-refractivity contribution is 7.47. The SMILES string of the molecule is CCCCCCCCCCCCCCCCCCC(=O)O[C@H](COC(=O)CCCCCCCCCCCCCCC(C)C)COP(=O)(O)OC[C@@H](O)COP(=O)(O)OC[C@@H](COC(=O)CCCCCCC)OC(=O)CCCCCCCCCC. The fourth-order valence-corrected chi connectivity index (χ4v) is 11.3. The van der Waals surface area contributed by atoms with Crippen LogP contribution in [0.4, 0.5) is 0 Å². The van der Waals surface area contributed by atoms with Crippen LogP contribution in [0.1, 0.15) is 330 Å². The highest BCUT2D eigenvalue weighted by Crippen LogP contribution is 2.45. The Bertz CT molecular complexity index is 1640. The van der Waals surface area contributed by atoms with Gasteiger partial charge in [0.1, 0.15) is 19.3 Å². The van der Waals surface area contributed by atoms with Crippen molar-refractivity contribution in [2.45, 2.75) is 348 Å². The molecule has 0 aliphatic heterocycles. The van der Waals surface area contributed by atoms with Gasteiger partial charge in [-0.05, 0) is 31.6 Å². The molecule has 0 aliphatic carbocycles. The molecule has 5 atom stereocenters. The molecule has 17 nitrogen and oxygen atoms in total. The first-order chi connectivity index (χ1) is 40.5. The number of aliphatic hydroxyl groups excluding tert-OH is 1. The summed E-state index contributed by atoms with van der Waals surface area (Å²) in [5, 5.41) is 10.5. The zero-order valence-electron chi connectivity index (χ0n) is 54.0. The van der Waals surface area contributed by atoms with E-state index in [0.717, 1.165) is 109 Å². The molecule has 0 bridgehead atoms. The molecule has 2 unspecified atom stereocenters. The van der Waals surface area contributed by atoms with Crippen molar-refractivity contribution in [2.24, 2.45) is 5.92 Å². The van der Waals surface area contributed by atoms with E-state index >= 15 is 0 Å². The molecule has 84 heavy (non-hydrogen) atoms. The minimum Gasteiger partial charge on any atom is -0.462 e. The third-order valence-corrected chi connectivity index (χ3v) is 16.9. The van der Waals surface area contributed by atoms with Crippen molar-refractivity contribution >= 4 is 39.5 Å². The quantitative estimate of drug-likeness (QED) is 0.0222. The Morgan fingerprint density at radius 3 is 0.810 bits per heavy atom. The Morgan fingerprint density at radius 2 is 0.548 bits per heavy atom. The zero-order valence-corrected chi connectivity index (χ0v) is 55.8. The molecule has 0 saturated carbocycles. The van der Waals surface area contributed by atoms with Crippen LogP contribution in [0.3, 0.4) is 0 Å². The lowest BCUT2D eigenvalue weighted by molar-refractivity contribution is -0.161. The third-order valence-electron chi connectivity index (χ3n) is 15.0. The van der Waals surface area contributed by atoms with Gasteiger partial charge in [0.05, 0.1) is 26.4 Å². The van der Waals surface area contributed by atoms with Crippen LogP contribution in [0.15, 0.2) is 0 Å². The van der Waals surface area contributed by atoms with Gasteiger partial charge in [-0.25, -0.2) is 9.13 Å². The molecule has 0 aromatic heterocycles. The molecule has 0 spiro atoms. The second-order valence-corrected chi connectivity index (χ2v) is 26.9. The molecule has 0 fully saturated rings. The van der Waals surface area contributed by atoms with Gasteiger partial charge in [0.15, 0.2) is 12.2 Å². The normalized spacial score (nSPS) is 14.2. The molecule has 0 aromatic rings. The van der Waals surface area contributed by atoms with Gasteiger partial charge in [0.25, 0.3) is 0 Å². The summed E-state index contributed by atoms with van der Waals surface area (Å²) in [6.45, 7) is 7.11. The molecule has 498 valence electrons. The molecule has 0 heterocycles. The molecule has 19 heteroatoms. The predicted molar refractivity (Wildman–Crippen MR) is 335 cm³/mol. The Morgan fingerprint density at radius 1 is 0.321 bits per heavy atom. The monoisotopic (exact) mass is 1240 g/mol. The Hall–Kier alpha value is -1.94. The molecule has 0 aliphatic rings. The number of phosphoric ester groups is 2. The molecule has 0 aromatic carbocycles. The van der Waals surface area contributed by atoms with E-state index in [-0.39, 0.29) is 25.7 Å². The van der Waals surface area contributed by atoms with Crippen LogP contribution in [-0.4, -0.2) is 96.7 Å². The maximum Gasteiger partial charge on any atom is 0.472 e. The third kappa shape index (κ3) is 59.0. The lowest BCUT2D eigenvalue weighted by Gasteiger charge is -2.21. The first-order valence-electron chi connectivity index (χ1n) is 34.1. The van der Waals surface area contributed by atoms with Gasteiger partial charge < -0.3 is 33.8 Å². The molecule has 0 saturated heterocycles. The van der Waals surface area contributed by atoms with E-state index in [9.17, 15) is 43.2 Å². The maximum atomic E-state index is 13.0. The van der Waals surface area contributed by atoms with Crippen LogP contribution in [-0.2, 0) is 65.4 Å².